The molecule has 0 heterocycles. The summed E-state index contributed by atoms with van der Waals surface area (Å²) < 4.78 is 11.8. The highest BCUT2D eigenvalue weighted by Gasteiger charge is 2.30. The van der Waals surface area contributed by atoms with Gasteiger partial charge in [0.15, 0.2) is 0 Å². The quantitative estimate of drug-likeness (QED) is 0.246. The summed E-state index contributed by atoms with van der Waals surface area (Å²) in [5.41, 5.74) is -2.40. The molecule has 6 heteroatoms. The first-order valence-corrected chi connectivity index (χ1v) is 12.3. The van der Waals surface area contributed by atoms with Crippen molar-refractivity contribution in [3.8, 4) is 0 Å². The molecule has 0 fully saturated rings. The van der Waals surface area contributed by atoms with Gasteiger partial charge in [0.05, 0.1) is 23.5 Å². The van der Waals surface area contributed by atoms with E-state index < -0.39 is 5.69 Å². The second-order valence-electron chi connectivity index (χ2n) is 6.94. The Labute approximate surface area is 147 Å². The zero-order valence-electron chi connectivity index (χ0n) is 15.3. The first kappa shape index (κ1) is 22.6. The molecule has 0 amide bonds. The third-order valence-corrected chi connectivity index (χ3v) is 8.42. The van der Waals surface area contributed by atoms with E-state index >= 15 is 0 Å². The molecule has 0 aliphatic heterocycles. The molecular formula is C16H34NO2PS2. The van der Waals surface area contributed by atoms with Gasteiger partial charge >= 0.3 is 0 Å². The zero-order chi connectivity index (χ0) is 17.3. The fourth-order valence-electron chi connectivity index (χ4n) is 1.39. The predicted octanol–water partition coefficient (Wildman–Crippen LogP) is 6.23. The number of unbranched alkanes of at least 4 members (excludes halogenated alkanes) is 2. The zero-order valence-corrected chi connectivity index (χ0v) is 17.9. The van der Waals surface area contributed by atoms with E-state index in [0.29, 0.717) is 13.2 Å². The van der Waals surface area contributed by atoms with Crippen LogP contribution in [-0.4, -0.2) is 29.7 Å². The Morgan fingerprint density at radius 2 is 1.45 bits per heavy atom. The monoisotopic (exact) mass is 367 g/mol. The number of hydrogen-bond donors (Lipinski definition) is 0. The van der Waals surface area contributed by atoms with E-state index in [0.717, 1.165) is 25.7 Å². The summed E-state index contributed by atoms with van der Waals surface area (Å²) in [6.45, 7) is 16.2. The third-order valence-electron chi connectivity index (χ3n) is 2.60. The van der Waals surface area contributed by atoms with E-state index in [4.69, 9.17) is 20.9 Å². The van der Waals surface area contributed by atoms with E-state index in [1.54, 1.807) is 11.4 Å². The van der Waals surface area contributed by atoms with E-state index in [2.05, 4.69) is 53.5 Å². The maximum absolute atomic E-state index is 5.99. The molecule has 0 saturated carbocycles. The molecule has 0 atom stereocenters. The molecule has 0 unspecified atom stereocenters. The van der Waals surface area contributed by atoms with Crippen LogP contribution < -0.4 is 0 Å². The van der Waals surface area contributed by atoms with Gasteiger partial charge in [-0.1, -0.05) is 38.1 Å². The minimum absolute atomic E-state index is 0.0769. The molecule has 0 aromatic carbocycles. The van der Waals surface area contributed by atoms with Crippen molar-refractivity contribution in [2.24, 2.45) is 4.99 Å². The fraction of sp³-hybridized carbons (Fsp3) is 0.938. The Kier molecular flexibility index (Phi) is 10.7. The summed E-state index contributed by atoms with van der Waals surface area (Å²) in [4.78, 5) is 4.62. The first-order valence-electron chi connectivity index (χ1n) is 8.20. The fourth-order valence-corrected chi connectivity index (χ4v) is 7.76. The third kappa shape index (κ3) is 12.1. The van der Waals surface area contributed by atoms with Crippen LogP contribution in [0.3, 0.4) is 0 Å². The molecule has 3 nitrogen and oxygen atoms in total. The highest BCUT2D eigenvalue weighted by molar-refractivity contribution is 8.68. The molecule has 0 aliphatic rings. The number of aliphatic imine (C=N–C) groups is 1. The molecule has 0 aliphatic carbocycles. The van der Waals surface area contributed by atoms with Gasteiger partial charge in [-0.15, -0.1) is 0 Å². The molecule has 0 N–H and O–H groups in total. The molecule has 0 aromatic rings. The molecule has 0 aromatic heterocycles. The van der Waals surface area contributed by atoms with Gasteiger partial charge in [-0.3, -0.25) is 4.99 Å². The standard InChI is InChI=1S/C16H34NO2PS2/c1-8-10-12-18-20(21,19-13-11-9-2)22-16(6,7)14-17-15(3,4)5/h14H,8-13H2,1-7H3. The summed E-state index contributed by atoms with van der Waals surface area (Å²) in [6.07, 6.45) is 6.23. The van der Waals surface area contributed by atoms with Crippen molar-refractivity contribution in [3.63, 3.8) is 0 Å². The van der Waals surface area contributed by atoms with Gasteiger partial charge in [-0.25, -0.2) is 0 Å². The highest BCUT2D eigenvalue weighted by Crippen LogP contribution is 2.65. The smallest absolute Gasteiger partial charge is 0.248 e. The van der Waals surface area contributed by atoms with E-state index in [9.17, 15) is 0 Å². The summed E-state index contributed by atoms with van der Waals surface area (Å²) in [5, 5.41) is 0. The lowest BCUT2D eigenvalue weighted by atomic mass is 10.1. The lowest BCUT2D eigenvalue weighted by Gasteiger charge is -2.29. The number of rotatable bonds is 11. The SMILES string of the molecule is CCCCOP(=S)(OCCCC)SC(C)(C)C=NC(C)(C)C. The Morgan fingerprint density at radius 3 is 1.82 bits per heavy atom. The van der Waals surface area contributed by atoms with Crippen LogP contribution in [-0.2, 0) is 20.9 Å². The van der Waals surface area contributed by atoms with Crippen LogP contribution in [0.5, 0.6) is 0 Å². The average molecular weight is 368 g/mol. The molecule has 0 saturated heterocycles. The van der Waals surface area contributed by atoms with Gasteiger partial charge in [-0.2, -0.15) is 0 Å². The lowest BCUT2D eigenvalue weighted by Crippen LogP contribution is -2.21. The predicted molar refractivity (Wildman–Crippen MR) is 106 cm³/mol. The van der Waals surface area contributed by atoms with Gasteiger partial charge < -0.3 is 9.05 Å². The van der Waals surface area contributed by atoms with Gasteiger partial charge in [0.2, 0.25) is 5.69 Å². The molecule has 0 radical (unpaired) electrons. The summed E-state index contributed by atoms with van der Waals surface area (Å²) in [5.74, 6) is 0. The maximum atomic E-state index is 5.99. The highest BCUT2D eigenvalue weighted by atomic mass is 32.9. The minimum atomic E-state index is -2.32. The Morgan fingerprint density at radius 1 is 1.00 bits per heavy atom. The summed E-state index contributed by atoms with van der Waals surface area (Å²) >= 11 is 7.38. The molecule has 0 rings (SSSR count). The molecule has 0 spiro atoms. The second kappa shape index (κ2) is 10.5. The van der Waals surface area contributed by atoms with Crippen LogP contribution in [0.25, 0.3) is 0 Å². The normalized spacial score (nSPS) is 14.0. The van der Waals surface area contributed by atoms with Gasteiger partial charge in [-0.05, 0) is 59.3 Å². The minimum Gasteiger partial charge on any atom is -0.322 e. The van der Waals surface area contributed by atoms with Gasteiger partial charge in [0.25, 0.3) is 0 Å². The van der Waals surface area contributed by atoms with Crippen molar-refractivity contribution in [2.45, 2.75) is 84.4 Å². The second-order valence-corrected chi connectivity index (χ2v) is 13.7. The molecule has 132 valence electrons. The maximum Gasteiger partial charge on any atom is 0.248 e. The van der Waals surface area contributed by atoms with E-state index in [1.807, 2.05) is 6.21 Å². The van der Waals surface area contributed by atoms with Crippen LogP contribution >= 0.6 is 17.1 Å². The lowest BCUT2D eigenvalue weighted by molar-refractivity contribution is 0.253. The summed E-state index contributed by atoms with van der Waals surface area (Å²) in [6, 6.07) is 0. The van der Waals surface area contributed by atoms with Crippen LogP contribution in [0.1, 0.15) is 74.1 Å². The van der Waals surface area contributed by atoms with Gasteiger partial charge in [0, 0.05) is 6.21 Å². The topological polar surface area (TPSA) is 30.8 Å². The van der Waals surface area contributed by atoms with Crippen LogP contribution in [0.2, 0.25) is 0 Å². The molecular weight excluding hydrogens is 333 g/mol. The molecule has 22 heavy (non-hydrogen) atoms. The Balaban J connectivity index is 4.85. The van der Waals surface area contributed by atoms with Crippen molar-refractivity contribution in [2.75, 3.05) is 13.2 Å². The van der Waals surface area contributed by atoms with Crippen molar-refractivity contribution in [1.82, 2.24) is 0 Å². The van der Waals surface area contributed by atoms with Crippen LogP contribution in [0, 0.1) is 0 Å². The first-order chi connectivity index (χ1) is 10.0. The summed E-state index contributed by atoms with van der Waals surface area (Å²) in [7, 11) is 0. The van der Waals surface area contributed by atoms with Crippen LogP contribution in [0.15, 0.2) is 4.99 Å². The van der Waals surface area contributed by atoms with Crippen molar-refractivity contribution >= 4 is 35.1 Å². The number of hydrogen-bond acceptors (Lipinski definition) is 5. The number of nitrogens with zero attached hydrogens (tertiary/aromatic N) is 1. The Bertz CT molecular complexity index is 365. The van der Waals surface area contributed by atoms with Crippen LogP contribution in [0.4, 0.5) is 0 Å². The van der Waals surface area contributed by atoms with E-state index in [1.165, 1.54) is 0 Å². The largest absolute Gasteiger partial charge is 0.322 e. The Hall–Kier alpha value is 0.590. The van der Waals surface area contributed by atoms with Gasteiger partial charge in [0.1, 0.15) is 0 Å². The van der Waals surface area contributed by atoms with E-state index in [-0.39, 0.29) is 10.3 Å². The van der Waals surface area contributed by atoms with Crippen molar-refractivity contribution in [1.29, 1.82) is 0 Å². The average Bonchev–Trinajstić information content (AvgIpc) is 2.36. The molecule has 0 bridgehead atoms. The van der Waals surface area contributed by atoms with Crippen molar-refractivity contribution in [3.05, 3.63) is 0 Å². The van der Waals surface area contributed by atoms with Crippen molar-refractivity contribution < 1.29 is 9.05 Å².